The van der Waals surface area contributed by atoms with Crippen LogP contribution in [0.25, 0.3) is 11.1 Å². The van der Waals surface area contributed by atoms with E-state index >= 15 is 0 Å². The molecule has 26 heavy (non-hydrogen) atoms. The zero-order valence-corrected chi connectivity index (χ0v) is 14.4. The summed E-state index contributed by atoms with van der Waals surface area (Å²) < 4.78 is 13.0. The number of hydrogen-bond acceptors (Lipinski definition) is 4. The van der Waals surface area contributed by atoms with Crippen molar-refractivity contribution in [2.24, 2.45) is 0 Å². The van der Waals surface area contributed by atoms with Crippen molar-refractivity contribution in [3.63, 3.8) is 0 Å². The highest BCUT2D eigenvalue weighted by Crippen LogP contribution is 2.34. The van der Waals surface area contributed by atoms with Gasteiger partial charge in [-0.1, -0.05) is 18.2 Å². The molecule has 0 aliphatic carbocycles. The van der Waals surface area contributed by atoms with Crippen LogP contribution in [0.15, 0.2) is 54.9 Å². The summed E-state index contributed by atoms with van der Waals surface area (Å²) in [4.78, 5) is 12.5. The third kappa shape index (κ3) is 3.26. The molecule has 6 nitrogen and oxygen atoms in total. The van der Waals surface area contributed by atoms with E-state index in [0.29, 0.717) is 24.5 Å². The molecule has 2 aromatic carbocycles. The molecule has 3 aromatic rings. The van der Waals surface area contributed by atoms with E-state index in [9.17, 15) is 4.79 Å². The van der Waals surface area contributed by atoms with Crippen LogP contribution < -0.4 is 14.8 Å². The zero-order chi connectivity index (χ0) is 17.9. The summed E-state index contributed by atoms with van der Waals surface area (Å²) in [5, 5.41) is 7.04. The van der Waals surface area contributed by atoms with Gasteiger partial charge < -0.3 is 14.8 Å². The zero-order valence-electron chi connectivity index (χ0n) is 14.4. The molecule has 0 radical (unpaired) electrons. The molecule has 0 saturated heterocycles. The smallest absolute Gasteiger partial charge is 0.255 e. The fourth-order valence-corrected chi connectivity index (χ4v) is 2.87. The number of amides is 1. The molecule has 1 aliphatic heterocycles. The van der Waals surface area contributed by atoms with Gasteiger partial charge in [-0.3, -0.25) is 9.48 Å². The predicted molar refractivity (Wildman–Crippen MR) is 98.7 cm³/mol. The SMILES string of the molecule is CCn1cc(NC(=O)c2cccc(-c3ccc4c(c3)OCCO4)c2)cn1. The first-order valence-corrected chi connectivity index (χ1v) is 8.57. The Bertz CT molecular complexity index is 949. The molecule has 1 aromatic heterocycles. The van der Waals surface area contributed by atoms with E-state index in [1.54, 1.807) is 16.9 Å². The summed E-state index contributed by atoms with van der Waals surface area (Å²) in [7, 11) is 0. The molecular formula is C20H19N3O3. The average molecular weight is 349 g/mol. The van der Waals surface area contributed by atoms with Gasteiger partial charge in [0.25, 0.3) is 5.91 Å². The minimum absolute atomic E-state index is 0.167. The lowest BCUT2D eigenvalue weighted by atomic mass is 10.0. The third-order valence-corrected chi connectivity index (χ3v) is 4.22. The van der Waals surface area contributed by atoms with Gasteiger partial charge in [0, 0.05) is 18.3 Å². The quantitative estimate of drug-likeness (QED) is 0.782. The van der Waals surface area contributed by atoms with Gasteiger partial charge in [0.05, 0.1) is 11.9 Å². The Hall–Kier alpha value is -3.28. The number of carbonyl (C=O) groups is 1. The number of aryl methyl sites for hydroxylation is 1. The summed E-state index contributed by atoms with van der Waals surface area (Å²) in [6.07, 6.45) is 3.45. The molecule has 4 rings (SSSR count). The van der Waals surface area contributed by atoms with Crippen LogP contribution in [0.5, 0.6) is 11.5 Å². The molecular weight excluding hydrogens is 330 g/mol. The van der Waals surface area contributed by atoms with Crippen LogP contribution >= 0.6 is 0 Å². The molecule has 6 heteroatoms. The maximum atomic E-state index is 12.5. The van der Waals surface area contributed by atoms with Gasteiger partial charge in [0.1, 0.15) is 13.2 Å². The lowest BCUT2D eigenvalue weighted by molar-refractivity contribution is 0.102. The molecule has 0 spiro atoms. The second-order valence-electron chi connectivity index (χ2n) is 5.98. The molecule has 1 aliphatic rings. The topological polar surface area (TPSA) is 65.4 Å². The van der Waals surface area contributed by atoms with Crippen LogP contribution in [-0.2, 0) is 6.54 Å². The average Bonchev–Trinajstić information content (AvgIpc) is 3.15. The van der Waals surface area contributed by atoms with Crippen molar-refractivity contribution in [3.8, 4) is 22.6 Å². The standard InChI is InChI=1S/C20H19N3O3/c1-2-23-13-17(12-21-23)22-20(24)16-5-3-4-14(10-16)15-6-7-18-19(11-15)26-9-8-25-18/h3-7,10-13H,2,8-9H2,1H3,(H,22,24). The van der Waals surface area contributed by atoms with Crippen LogP contribution in [0.1, 0.15) is 17.3 Å². The molecule has 1 N–H and O–H groups in total. The van der Waals surface area contributed by atoms with E-state index in [-0.39, 0.29) is 5.91 Å². The minimum atomic E-state index is -0.167. The minimum Gasteiger partial charge on any atom is -0.486 e. The van der Waals surface area contributed by atoms with Crippen molar-refractivity contribution in [3.05, 3.63) is 60.4 Å². The van der Waals surface area contributed by atoms with Gasteiger partial charge in [-0.05, 0) is 42.3 Å². The van der Waals surface area contributed by atoms with Gasteiger partial charge in [0.15, 0.2) is 11.5 Å². The number of benzene rings is 2. The van der Waals surface area contributed by atoms with Crippen LogP contribution in [0.3, 0.4) is 0 Å². The van der Waals surface area contributed by atoms with E-state index in [1.807, 2.05) is 49.5 Å². The first-order chi connectivity index (χ1) is 12.7. The maximum Gasteiger partial charge on any atom is 0.255 e. The first-order valence-electron chi connectivity index (χ1n) is 8.57. The Labute approximate surface area is 151 Å². The van der Waals surface area contributed by atoms with Crippen LogP contribution in [0.4, 0.5) is 5.69 Å². The van der Waals surface area contributed by atoms with E-state index in [4.69, 9.17) is 9.47 Å². The highest BCUT2D eigenvalue weighted by molar-refractivity contribution is 6.04. The molecule has 0 atom stereocenters. The number of hydrogen-bond donors (Lipinski definition) is 1. The molecule has 0 unspecified atom stereocenters. The van der Waals surface area contributed by atoms with Crippen molar-refractivity contribution in [2.45, 2.75) is 13.5 Å². The Morgan fingerprint density at radius 1 is 1.12 bits per heavy atom. The van der Waals surface area contributed by atoms with E-state index in [2.05, 4.69) is 10.4 Å². The van der Waals surface area contributed by atoms with Gasteiger partial charge in [-0.2, -0.15) is 5.10 Å². The van der Waals surface area contributed by atoms with E-state index < -0.39 is 0 Å². The number of nitrogens with one attached hydrogen (secondary N) is 1. The van der Waals surface area contributed by atoms with Crippen LogP contribution in [0.2, 0.25) is 0 Å². The molecule has 0 fully saturated rings. The third-order valence-electron chi connectivity index (χ3n) is 4.22. The summed E-state index contributed by atoms with van der Waals surface area (Å²) >= 11 is 0. The highest BCUT2D eigenvalue weighted by Gasteiger charge is 2.14. The lowest BCUT2D eigenvalue weighted by Crippen LogP contribution is -2.15. The van der Waals surface area contributed by atoms with E-state index in [1.165, 1.54) is 0 Å². The second kappa shape index (κ2) is 6.92. The van der Waals surface area contributed by atoms with Gasteiger partial charge in [-0.25, -0.2) is 0 Å². The molecule has 0 bridgehead atoms. The first kappa shape index (κ1) is 16.2. The number of carbonyl (C=O) groups excluding carboxylic acids is 1. The molecule has 2 heterocycles. The molecule has 1 amide bonds. The lowest BCUT2D eigenvalue weighted by Gasteiger charge is -2.19. The Morgan fingerprint density at radius 2 is 1.92 bits per heavy atom. The summed E-state index contributed by atoms with van der Waals surface area (Å²) in [5.74, 6) is 1.32. The summed E-state index contributed by atoms with van der Waals surface area (Å²) in [6.45, 7) is 3.87. The Morgan fingerprint density at radius 3 is 2.73 bits per heavy atom. The van der Waals surface area contributed by atoms with Crippen molar-refractivity contribution >= 4 is 11.6 Å². The number of nitrogens with zero attached hydrogens (tertiary/aromatic N) is 2. The number of aromatic nitrogens is 2. The maximum absolute atomic E-state index is 12.5. The molecule has 0 saturated carbocycles. The predicted octanol–water partition coefficient (Wildman–Crippen LogP) is 3.59. The van der Waals surface area contributed by atoms with Gasteiger partial charge in [-0.15, -0.1) is 0 Å². The van der Waals surface area contributed by atoms with Crippen molar-refractivity contribution in [1.29, 1.82) is 0 Å². The monoisotopic (exact) mass is 349 g/mol. The number of fused-ring (bicyclic) bond motifs is 1. The Kier molecular flexibility index (Phi) is 4.31. The van der Waals surface area contributed by atoms with Gasteiger partial charge in [0.2, 0.25) is 0 Å². The summed E-state index contributed by atoms with van der Waals surface area (Å²) in [5.41, 5.74) is 3.18. The Balaban J connectivity index is 1.57. The molecule has 132 valence electrons. The van der Waals surface area contributed by atoms with Crippen molar-refractivity contribution in [1.82, 2.24) is 9.78 Å². The summed E-state index contributed by atoms with van der Waals surface area (Å²) in [6, 6.07) is 13.3. The van der Waals surface area contributed by atoms with Gasteiger partial charge >= 0.3 is 0 Å². The number of rotatable bonds is 4. The number of ether oxygens (including phenoxy) is 2. The van der Waals surface area contributed by atoms with Crippen molar-refractivity contribution < 1.29 is 14.3 Å². The van der Waals surface area contributed by atoms with Crippen LogP contribution in [0, 0.1) is 0 Å². The van der Waals surface area contributed by atoms with Crippen LogP contribution in [-0.4, -0.2) is 28.9 Å². The van der Waals surface area contributed by atoms with Crippen molar-refractivity contribution in [2.75, 3.05) is 18.5 Å². The van der Waals surface area contributed by atoms with E-state index in [0.717, 1.165) is 29.2 Å². The second-order valence-corrected chi connectivity index (χ2v) is 5.98. The highest BCUT2D eigenvalue weighted by atomic mass is 16.6. The fourth-order valence-electron chi connectivity index (χ4n) is 2.87. The number of anilines is 1. The largest absolute Gasteiger partial charge is 0.486 e. The fraction of sp³-hybridized carbons (Fsp3) is 0.200. The normalized spacial score (nSPS) is 12.7.